The molecular formula is C18H18ClF3N4O2. The largest absolute Gasteiger partial charge is 0.434 e. The van der Waals surface area contributed by atoms with Crippen LogP contribution in [0.5, 0.6) is 0 Å². The van der Waals surface area contributed by atoms with E-state index in [2.05, 4.69) is 15.3 Å². The third kappa shape index (κ3) is 4.89. The highest BCUT2D eigenvalue weighted by Gasteiger charge is 2.35. The van der Waals surface area contributed by atoms with Crippen molar-refractivity contribution in [2.24, 2.45) is 5.92 Å². The first-order valence-corrected chi connectivity index (χ1v) is 9.19. The van der Waals surface area contributed by atoms with Crippen LogP contribution in [0.25, 0.3) is 0 Å². The monoisotopic (exact) mass is 414 g/mol. The molecule has 2 aromatic rings. The summed E-state index contributed by atoms with van der Waals surface area (Å²) in [6.45, 7) is 0. The Hall–Kier alpha value is -2.42. The van der Waals surface area contributed by atoms with Crippen molar-refractivity contribution in [3.8, 4) is 0 Å². The first-order chi connectivity index (χ1) is 13.2. The molecule has 1 saturated carbocycles. The molecule has 0 aromatic carbocycles. The fourth-order valence-electron chi connectivity index (χ4n) is 3.37. The van der Waals surface area contributed by atoms with Gasteiger partial charge in [-0.1, -0.05) is 25.7 Å². The molecule has 0 saturated heterocycles. The van der Waals surface area contributed by atoms with Gasteiger partial charge < -0.3 is 9.88 Å². The number of carbonyl (C=O) groups excluding carboxylic acids is 2. The average Bonchev–Trinajstić information content (AvgIpc) is 3.31. The maximum absolute atomic E-state index is 12.9. The van der Waals surface area contributed by atoms with Gasteiger partial charge in [0.2, 0.25) is 5.91 Å². The molecule has 1 amide bonds. The number of amides is 1. The lowest BCUT2D eigenvalue weighted by Crippen LogP contribution is -2.27. The van der Waals surface area contributed by atoms with Crippen LogP contribution >= 0.6 is 11.6 Å². The van der Waals surface area contributed by atoms with Crippen LogP contribution < -0.4 is 5.32 Å². The second-order valence-electron chi connectivity index (χ2n) is 6.80. The predicted octanol–water partition coefficient (Wildman–Crippen LogP) is 4.44. The molecule has 2 heterocycles. The molecule has 1 aliphatic carbocycles. The molecule has 10 heteroatoms. The molecule has 1 aliphatic rings. The molecule has 0 radical (unpaired) electrons. The number of anilines is 1. The minimum atomic E-state index is -4.58. The molecule has 0 aliphatic heterocycles. The van der Waals surface area contributed by atoms with Gasteiger partial charge in [0.05, 0.1) is 11.9 Å². The molecule has 1 fully saturated rings. The maximum Gasteiger partial charge on any atom is 0.434 e. The number of pyridine rings is 1. The highest BCUT2D eigenvalue weighted by atomic mass is 35.5. The summed E-state index contributed by atoms with van der Waals surface area (Å²) in [6, 6.07) is 1.97. The smallest absolute Gasteiger partial charge is 0.324 e. The zero-order valence-electron chi connectivity index (χ0n) is 14.7. The second kappa shape index (κ2) is 8.30. The lowest BCUT2D eigenvalue weighted by atomic mass is 9.97. The van der Waals surface area contributed by atoms with E-state index in [4.69, 9.17) is 11.6 Å². The number of imidazole rings is 1. The van der Waals surface area contributed by atoms with Crippen LogP contribution in [0.3, 0.4) is 0 Å². The second-order valence-corrected chi connectivity index (χ2v) is 7.14. The molecule has 6 nitrogen and oxygen atoms in total. The number of nitrogens with zero attached hydrogens (tertiary/aromatic N) is 3. The molecule has 2 aromatic heterocycles. The van der Waals surface area contributed by atoms with Crippen LogP contribution in [0.2, 0.25) is 0 Å². The SMILES string of the molecule is O=C(Cl)c1ccc(NC(=O)[C@H](CC2CCCC2)n2cnc(C(F)(F)F)c2)nc1. The quantitative estimate of drug-likeness (QED) is 0.709. The van der Waals surface area contributed by atoms with E-state index in [1.54, 1.807) is 0 Å². The van der Waals surface area contributed by atoms with Gasteiger partial charge in [0.1, 0.15) is 11.9 Å². The summed E-state index contributed by atoms with van der Waals surface area (Å²) in [5.41, 5.74) is -0.869. The summed E-state index contributed by atoms with van der Waals surface area (Å²) in [7, 11) is 0. The Morgan fingerprint density at radius 2 is 1.96 bits per heavy atom. The van der Waals surface area contributed by atoms with Crippen molar-refractivity contribution < 1.29 is 22.8 Å². The number of aromatic nitrogens is 3. The highest BCUT2D eigenvalue weighted by Crippen LogP contribution is 2.34. The van der Waals surface area contributed by atoms with Gasteiger partial charge in [-0.15, -0.1) is 0 Å². The molecule has 0 spiro atoms. The van der Waals surface area contributed by atoms with E-state index in [-0.39, 0.29) is 17.3 Å². The lowest BCUT2D eigenvalue weighted by molar-refractivity contribution is -0.141. The average molecular weight is 415 g/mol. The zero-order valence-corrected chi connectivity index (χ0v) is 15.5. The minimum absolute atomic E-state index is 0.173. The van der Waals surface area contributed by atoms with E-state index in [0.29, 0.717) is 6.42 Å². The molecule has 3 rings (SSSR count). The lowest BCUT2D eigenvalue weighted by Gasteiger charge is -2.21. The van der Waals surface area contributed by atoms with Crippen LogP contribution in [0.4, 0.5) is 19.0 Å². The molecule has 150 valence electrons. The summed E-state index contributed by atoms with van der Waals surface area (Å²) in [5, 5.41) is 1.92. The molecule has 0 unspecified atom stereocenters. The van der Waals surface area contributed by atoms with E-state index in [9.17, 15) is 22.8 Å². The Bertz CT molecular complexity index is 845. The summed E-state index contributed by atoms with van der Waals surface area (Å²) in [5.74, 6) is -0.0496. The normalized spacial score (nSPS) is 16.1. The highest BCUT2D eigenvalue weighted by molar-refractivity contribution is 6.67. The number of hydrogen-bond acceptors (Lipinski definition) is 4. The number of carbonyl (C=O) groups is 2. The van der Waals surface area contributed by atoms with Gasteiger partial charge in [-0.3, -0.25) is 9.59 Å². The first-order valence-electron chi connectivity index (χ1n) is 8.81. The van der Waals surface area contributed by atoms with Gasteiger partial charge in [-0.25, -0.2) is 9.97 Å². The van der Waals surface area contributed by atoms with Crippen molar-refractivity contribution in [2.75, 3.05) is 5.32 Å². The van der Waals surface area contributed by atoms with Gasteiger partial charge in [0.25, 0.3) is 5.24 Å². The number of alkyl halides is 3. The van der Waals surface area contributed by atoms with Crippen molar-refractivity contribution in [1.82, 2.24) is 14.5 Å². The van der Waals surface area contributed by atoms with E-state index >= 15 is 0 Å². The minimum Gasteiger partial charge on any atom is -0.324 e. The number of nitrogens with one attached hydrogen (secondary N) is 1. The van der Waals surface area contributed by atoms with Crippen LogP contribution in [-0.2, 0) is 11.0 Å². The summed E-state index contributed by atoms with van der Waals surface area (Å²) in [6.07, 6.45) is 2.91. The van der Waals surface area contributed by atoms with E-state index in [1.165, 1.54) is 22.9 Å². The molecule has 0 bridgehead atoms. The zero-order chi connectivity index (χ0) is 20.3. The van der Waals surface area contributed by atoms with Gasteiger partial charge >= 0.3 is 6.18 Å². The molecule has 1 N–H and O–H groups in total. The third-order valence-electron chi connectivity index (χ3n) is 4.83. The Morgan fingerprint density at radius 3 is 2.50 bits per heavy atom. The fourth-order valence-corrected chi connectivity index (χ4v) is 3.48. The maximum atomic E-state index is 12.9. The summed E-state index contributed by atoms with van der Waals surface area (Å²) in [4.78, 5) is 31.2. The van der Waals surface area contributed by atoms with Crippen molar-refractivity contribution >= 4 is 28.6 Å². The number of hydrogen-bond donors (Lipinski definition) is 1. The van der Waals surface area contributed by atoms with Gasteiger partial charge in [-0.05, 0) is 36.1 Å². The topological polar surface area (TPSA) is 76.9 Å². The third-order valence-corrected chi connectivity index (χ3v) is 5.05. The van der Waals surface area contributed by atoms with Crippen molar-refractivity contribution in [3.05, 3.63) is 42.1 Å². The van der Waals surface area contributed by atoms with Crippen molar-refractivity contribution in [1.29, 1.82) is 0 Å². The van der Waals surface area contributed by atoms with E-state index in [0.717, 1.165) is 38.2 Å². The molecule has 28 heavy (non-hydrogen) atoms. The Balaban J connectivity index is 1.80. The number of rotatable bonds is 6. The van der Waals surface area contributed by atoms with Gasteiger partial charge in [-0.2, -0.15) is 13.2 Å². The van der Waals surface area contributed by atoms with Crippen LogP contribution in [0.1, 0.15) is 54.2 Å². The molecular weight excluding hydrogens is 397 g/mol. The fraction of sp³-hybridized carbons (Fsp3) is 0.444. The molecule has 1 atom stereocenters. The first kappa shape index (κ1) is 20.3. The van der Waals surface area contributed by atoms with Crippen molar-refractivity contribution in [2.45, 2.75) is 44.3 Å². The van der Waals surface area contributed by atoms with Crippen LogP contribution in [-0.4, -0.2) is 25.7 Å². The van der Waals surface area contributed by atoms with Gasteiger partial charge in [0.15, 0.2) is 5.69 Å². The Morgan fingerprint density at radius 1 is 1.25 bits per heavy atom. The Labute approximate surface area is 164 Å². The summed E-state index contributed by atoms with van der Waals surface area (Å²) >= 11 is 5.36. The summed E-state index contributed by atoms with van der Waals surface area (Å²) < 4.78 is 39.9. The number of halogens is 4. The standard InChI is InChI=1S/C18H18ClF3N4O2/c19-16(27)12-5-6-15(23-8-12)25-17(28)13(7-11-3-1-2-4-11)26-9-14(24-10-26)18(20,21)22/h5-6,8-11,13H,1-4,7H2,(H,23,25,28)/t13-/m0/s1. The Kier molecular flexibility index (Phi) is 6.02. The van der Waals surface area contributed by atoms with Gasteiger partial charge in [0, 0.05) is 12.4 Å². The predicted molar refractivity (Wildman–Crippen MR) is 95.9 cm³/mol. The van der Waals surface area contributed by atoms with Crippen molar-refractivity contribution in [3.63, 3.8) is 0 Å². The van der Waals surface area contributed by atoms with E-state index in [1.807, 2.05) is 0 Å². The van der Waals surface area contributed by atoms with Crippen LogP contribution in [0.15, 0.2) is 30.9 Å². The van der Waals surface area contributed by atoms with Crippen LogP contribution in [0, 0.1) is 5.92 Å². The van der Waals surface area contributed by atoms with E-state index < -0.39 is 29.1 Å².